The SMILES string of the molecule is CCC1CCC2NC(OCC(=O)O)CC(C3CCCC(C(N)=O)C3)C2C1. The highest BCUT2D eigenvalue weighted by molar-refractivity contribution is 5.76. The van der Waals surface area contributed by atoms with E-state index >= 15 is 0 Å². The Hall–Kier alpha value is -1.14. The van der Waals surface area contributed by atoms with E-state index in [1.807, 2.05) is 0 Å². The molecule has 0 bridgehead atoms. The van der Waals surface area contributed by atoms with Crippen molar-refractivity contribution in [3.8, 4) is 0 Å². The Morgan fingerprint density at radius 3 is 2.62 bits per heavy atom. The van der Waals surface area contributed by atoms with Gasteiger partial charge in [-0.1, -0.05) is 26.2 Å². The molecular formula is C20H34N2O4. The summed E-state index contributed by atoms with van der Waals surface area (Å²) in [5.41, 5.74) is 5.60. The number of primary amides is 1. The van der Waals surface area contributed by atoms with E-state index in [0.717, 1.165) is 44.4 Å². The van der Waals surface area contributed by atoms with Gasteiger partial charge in [0.1, 0.15) is 12.8 Å². The molecule has 6 nitrogen and oxygen atoms in total. The van der Waals surface area contributed by atoms with Crippen LogP contribution in [0.1, 0.15) is 64.7 Å². The van der Waals surface area contributed by atoms with Gasteiger partial charge in [-0.3, -0.25) is 10.1 Å². The molecular weight excluding hydrogens is 332 g/mol. The normalized spacial score (nSPS) is 40.6. The number of hydrogen-bond donors (Lipinski definition) is 3. The summed E-state index contributed by atoms with van der Waals surface area (Å²) in [5.74, 6) is 1.31. The number of carbonyl (C=O) groups excluding carboxylic acids is 1. The van der Waals surface area contributed by atoms with Gasteiger partial charge in [0.05, 0.1) is 0 Å². The Balaban J connectivity index is 1.73. The average molecular weight is 367 g/mol. The number of carboxylic acids is 1. The second-order valence-corrected chi connectivity index (χ2v) is 8.64. The Morgan fingerprint density at radius 2 is 1.92 bits per heavy atom. The molecule has 1 heterocycles. The lowest BCUT2D eigenvalue weighted by molar-refractivity contribution is -0.148. The first kappa shape index (κ1) is 19.6. The Bertz CT molecular complexity index is 512. The smallest absolute Gasteiger partial charge is 0.329 e. The molecule has 0 spiro atoms. The predicted octanol–water partition coefficient (Wildman–Crippen LogP) is 2.51. The fraction of sp³-hybridized carbons (Fsp3) is 0.900. The molecule has 1 saturated heterocycles. The number of hydrogen-bond acceptors (Lipinski definition) is 4. The molecule has 0 aromatic rings. The third-order valence-electron chi connectivity index (χ3n) is 7.15. The van der Waals surface area contributed by atoms with Gasteiger partial charge in [0, 0.05) is 12.0 Å². The molecule has 2 aliphatic carbocycles. The van der Waals surface area contributed by atoms with Gasteiger partial charge in [0.15, 0.2) is 0 Å². The molecule has 3 rings (SSSR count). The van der Waals surface area contributed by atoms with Gasteiger partial charge in [0.25, 0.3) is 0 Å². The number of ether oxygens (including phenoxy) is 1. The van der Waals surface area contributed by atoms with Crippen molar-refractivity contribution in [1.29, 1.82) is 0 Å². The maximum absolute atomic E-state index is 11.7. The number of nitrogens with two attached hydrogens (primary N) is 1. The molecule has 4 N–H and O–H groups in total. The van der Waals surface area contributed by atoms with Crippen molar-refractivity contribution < 1.29 is 19.4 Å². The van der Waals surface area contributed by atoms with E-state index in [-0.39, 0.29) is 24.7 Å². The van der Waals surface area contributed by atoms with Crippen LogP contribution < -0.4 is 11.1 Å². The zero-order chi connectivity index (χ0) is 18.7. The van der Waals surface area contributed by atoms with E-state index in [2.05, 4.69) is 12.2 Å². The number of amides is 1. The van der Waals surface area contributed by atoms with E-state index < -0.39 is 5.97 Å². The molecule has 1 aliphatic heterocycles. The van der Waals surface area contributed by atoms with Gasteiger partial charge in [-0.15, -0.1) is 0 Å². The molecule has 7 unspecified atom stereocenters. The summed E-state index contributed by atoms with van der Waals surface area (Å²) in [5, 5.41) is 12.5. The number of carbonyl (C=O) groups is 2. The molecule has 7 atom stereocenters. The molecule has 0 radical (unpaired) electrons. The minimum Gasteiger partial charge on any atom is -0.480 e. The number of fused-ring (bicyclic) bond motifs is 1. The van der Waals surface area contributed by atoms with Crippen LogP contribution in [0.4, 0.5) is 0 Å². The van der Waals surface area contributed by atoms with Gasteiger partial charge in [0.2, 0.25) is 5.91 Å². The summed E-state index contributed by atoms with van der Waals surface area (Å²) < 4.78 is 5.64. The zero-order valence-corrected chi connectivity index (χ0v) is 15.9. The van der Waals surface area contributed by atoms with Crippen molar-refractivity contribution in [2.24, 2.45) is 35.3 Å². The molecule has 0 aromatic heterocycles. The quantitative estimate of drug-likeness (QED) is 0.670. The van der Waals surface area contributed by atoms with E-state index in [4.69, 9.17) is 15.6 Å². The first-order chi connectivity index (χ1) is 12.5. The maximum atomic E-state index is 11.7. The first-order valence-corrected chi connectivity index (χ1v) is 10.4. The molecule has 6 heteroatoms. The minimum atomic E-state index is -0.924. The van der Waals surface area contributed by atoms with E-state index in [1.165, 1.54) is 19.3 Å². The summed E-state index contributed by atoms with van der Waals surface area (Å²) in [6.45, 7) is 2.02. The van der Waals surface area contributed by atoms with Gasteiger partial charge in [-0.25, -0.2) is 4.79 Å². The molecule has 148 valence electrons. The van der Waals surface area contributed by atoms with Gasteiger partial charge in [-0.05, 0) is 62.2 Å². The van der Waals surface area contributed by atoms with Crippen LogP contribution >= 0.6 is 0 Å². The molecule has 3 aliphatic rings. The zero-order valence-electron chi connectivity index (χ0n) is 15.9. The van der Waals surface area contributed by atoms with Crippen molar-refractivity contribution in [1.82, 2.24) is 5.32 Å². The Labute approximate surface area is 156 Å². The average Bonchev–Trinajstić information content (AvgIpc) is 2.65. The van der Waals surface area contributed by atoms with Crippen molar-refractivity contribution >= 4 is 11.9 Å². The van der Waals surface area contributed by atoms with Gasteiger partial charge in [-0.2, -0.15) is 0 Å². The highest BCUT2D eigenvalue weighted by atomic mass is 16.5. The standard InChI is InChI=1S/C20H34N2O4/c1-2-12-6-7-17-16(8-12)15(10-18(22-17)26-11-19(23)24)13-4-3-5-14(9-13)20(21)25/h12-18,22H,2-11H2,1H3,(H2,21,25)(H,23,24). The summed E-state index contributed by atoms with van der Waals surface area (Å²) in [6, 6.07) is 0.407. The van der Waals surface area contributed by atoms with Crippen LogP contribution in [0, 0.1) is 29.6 Å². The molecule has 26 heavy (non-hydrogen) atoms. The van der Waals surface area contributed by atoms with Crippen LogP contribution in [0.25, 0.3) is 0 Å². The number of piperidine rings is 1. The fourth-order valence-corrected chi connectivity index (χ4v) is 5.78. The van der Waals surface area contributed by atoms with E-state index in [9.17, 15) is 9.59 Å². The largest absolute Gasteiger partial charge is 0.480 e. The first-order valence-electron chi connectivity index (χ1n) is 10.4. The van der Waals surface area contributed by atoms with Crippen LogP contribution in [-0.2, 0) is 14.3 Å². The lowest BCUT2D eigenvalue weighted by atomic mass is 9.61. The van der Waals surface area contributed by atoms with Crippen molar-refractivity contribution in [2.45, 2.75) is 77.0 Å². The monoisotopic (exact) mass is 366 g/mol. The third kappa shape index (κ3) is 4.58. The summed E-state index contributed by atoms with van der Waals surface area (Å²) in [6.07, 6.45) is 9.53. The van der Waals surface area contributed by atoms with E-state index in [1.54, 1.807) is 0 Å². The Morgan fingerprint density at radius 1 is 1.12 bits per heavy atom. The Kier molecular flexibility index (Phi) is 6.56. The number of carboxylic acid groups (broad SMARTS) is 1. The van der Waals surface area contributed by atoms with Crippen molar-refractivity contribution in [2.75, 3.05) is 6.61 Å². The molecule has 1 amide bonds. The van der Waals surface area contributed by atoms with E-state index in [0.29, 0.717) is 23.8 Å². The van der Waals surface area contributed by atoms with Crippen LogP contribution in [0.5, 0.6) is 0 Å². The fourth-order valence-electron chi connectivity index (χ4n) is 5.78. The van der Waals surface area contributed by atoms with Gasteiger partial charge >= 0.3 is 5.97 Å². The predicted molar refractivity (Wildman–Crippen MR) is 98.2 cm³/mol. The summed E-state index contributed by atoms with van der Waals surface area (Å²) >= 11 is 0. The second-order valence-electron chi connectivity index (χ2n) is 8.64. The van der Waals surface area contributed by atoms with Crippen LogP contribution in [0.3, 0.4) is 0 Å². The van der Waals surface area contributed by atoms with Crippen LogP contribution in [-0.4, -0.2) is 35.9 Å². The molecule has 0 aromatic carbocycles. The highest BCUT2D eigenvalue weighted by Gasteiger charge is 2.45. The molecule has 3 fully saturated rings. The number of aliphatic carboxylic acids is 1. The summed E-state index contributed by atoms with van der Waals surface area (Å²) in [4.78, 5) is 22.6. The van der Waals surface area contributed by atoms with Crippen molar-refractivity contribution in [3.05, 3.63) is 0 Å². The maximum Gasteiger partial charge on any atom is 0.329 e. The topological polar surface area (TPSA) is 102 Å². The van der Waals surface area contributed by atoms with Crippen molar-refractivity contribution in [3.63, 3.8) is 0 Å². The number of nitrogens with one attached hydrogen (secondary N) is 1. The lowest BCUT2D eigenvalue weighted by Gasteiger charge is -2.50. The lowest BCUT2D eigenvalue weighted by Crippen LogP contribution is -2.56. The highest BCUT2D eigenvalue weighted by Crippen LogP contribution is 2.47. The summed E-state index contributed by atoms with van der Waals surface area (Å²) in [7, 11) is 0. The van der Waals surface area contributed by atoms with Crippen LogP contribution in [0.15, 0.2) is 0 Å². The van der Waals surface area contributed by atoms with Crippen LogP contribution in [0.2, 0.25) is 0 Å². The minimum absolute atomic E-state index is 0.00559. The second kappa shape index (κ2) is 8.70. The number of rotatable bonds is 6. The molecule has 2 saturated carbocycles. The van der Waals surface area contributed by atoms with Gasteiger partial charge < -0.3 is 15.6 Å². The third-order valence-corrected chi connectivity index (χ3v) is 7.15.